The molecular weight excluding hydrogens is 372 g/mol. The molecule has 1 aliphatic carbocycles. The number of methoxy groups -OCH3 is 1. The highest BCUT2D eigenvalue weighted by atomic mass is 16.5. The number of rotatable bonds is 5. The van der Waals surface area contributed by atoms with E-state index in [1.165, 1.54) is 13.5 Å². The molecule has 1 saturated carbocycles. The number of hydrogen-bond acceptors (Lipinski definition) is 6. The van der Waals surface area contributed by atoms with E-state index in [9.17, 15) is 9.59 Å². The Kier molecular flexibility index (Phi) is 4.96. The Hall–Kier alpha value is -3.36. The molecule has 4 rings (SSSR count). The van der Waals surface area contributed by atoms with Crippen molar-refractivity contribution in [2.45, 2.75) is 31.7 Å². The van der Waals surface area contributed by atoms with E-state index in [-0.39, 0.29) is 5.91 Å². The van der Waals surface area contributed by atoms with Crippen molar-refractivity contribution < 1.29 is 19.3 Å². The lowest BCUT2D eigenvalue weighted by molar-refractivity contribution is -0.363. The van der Waals surface area contributed by atoms with Gasteiger partial charge in [-0.05, 0) is 37.5 Å². The fourth-order valence-electron chi connectivity index (χ4n) is 3.67. The molecule has 9 heteroatoms. The summed E-state index contributed by atoms with van der Waals surface area (Å²) in [5.74, 6) is 1.34. The van der Waals surface area contributed by atoms with E-state index in [1.807, 2.05) is 0 Å². The lowest BCUT2D eigenvalue weighted by Gasteiger charge is -2.36. The van der Waals surface area contributed by atoms with E-state index in [0.717, 1.165) is 24.3 Å². The number of nitrogens with two attached hydrogens (primary N) is 1. The zero-order chi connectivity index (χ0) is 20.5. The smallest absolute Gasteiger partial charge is 0.396 e. The third-order valence-corrected chi connectivity index (χ3v) is 5.62. The van der Waals surface area contributed by atoms with Crippen molar-refractivity contribution in [3.05, 3.63) is 30.0 Å². The van der Waals surface area contributed by atoms with E-state index in [4.69, 9.17) is 15.5 Å². The van der Waals surface area contributed by atoms with E-state index < -0.39 is 5.91 Å². The molecule has 0 bridgehead atoms. The van der Waals surface area contributed by atoms with Crippen LogP contribution in [0.2, 0.25) is 0 Å². The van der Waals surface area contributed by atoms with Gasteiger partial charge < -0.3 is 20.3 Å². The highest BCUT2D eigenvalue weighted by Gasteiger charge is 2.35. The second kappa shape index (κ2) is 7.57. The maximum absolute atomic E-state index is 12.4. The van der Waals surface area contributed by atoms with Crippen molar-refractivity contribution in [2.75, 3.05) is 35.8 Å². The van der Waals surface area contributed by atoms with Crippen LogP contribution in [-0.2, 0) is 4.79 Å². The molecule has 0 atom stereocenters. The number of anilines is 4. The Labute approximate surface area is 168 Å². The van der Waals surface area contributed by atoms with Gasteiger partial charge >= 0.3 is 5.95 Å². The summed E-state index contributed by atoms with van der Waals surface area (Å²) in [6.45, 7) is 0.661. The fraction of sp³-hybridized carbons (Fsp3) is 0.400. The molecule has 0 spiro atoms. The molecule has 0 unspecified atom stereocenters. The number of carbonyl (C=O) groups excluding carboxylic acids is 2. The summed E-state index contributed by atoms with van der Waals surface area (Å²) < 4.78 is 5.38. The predicted octanol–water partition coefficient (Wildman–Crippen LogP) is 1.47. The Balaban J connectivity index is 1.69. The van der Waals surface area contributed by atoms with Crippen LogP contribution in [0.25, 0.3) is 0 Å². The lowest BCUT2D eigenvalue weighted by atomic mass is 9.91. The molecule has 2 aromatic rings. The summed E-state index contributed by atoms with van der Waals surface area (Å²) in [7, 11) is 3.30. The van der Waals surface area contributed by atoms with Gasteiger partial charge in [-0.25, -0.2) is 10.3 Å². The first-order chi connectivity index (χ1) is 14.0. The summed E-state index contributed by atoms with van der Waals surface area (Å²) in [4.78, 5) is 35.6. The van der Waals surface area contributed by atoms with Crippen LogP contribution in [0.15, 0.2) is 24.4 Å². The van der Waals surface area contributed by atoms with Gasteiger partial charge in [0.1, 0.15) is 11.4 Å². The number of primary amides is 1. The minimum atomic E-state index is -0.520. The van der Waals surface area contributed by atoms with E-state index in [2.05, 4.69) is 15.2 Å². The maximum atomic E-state index is 12.4. The van der Waals surface area contributed by atoms with Crippen molar-refractivity contribution in [2.24, 2.45) is 5.73 Å². The van der Waals surface area contributed by atoms with Gasteiger partial charge in [0, 0.05) is 31.6 Å². The SMILES string of the molecule is COc1cc(C(N)=O)ccc1Nc1nc2c(c[nH+]1)N(C)C(=O)CCN2C1CCC1. The average molecular weight is 397 g/mol. The third-order valence-electron chi connectivity index (χ3n) is 5.62. The quantitative estimate of drug-likeness (QED) is 0.790. The molecule has 4 N–H and O–H groups in total. The van der Waals surface area contributed by atoms with Gasteiger partial charge in [0.05, 0.1) is 13.3 Å². The summed E-state index contributed by atoms with van der Waals surface area (Å²) in [6, 6.07) is 5.35. The van der Waals surface area contributed by atoms with Gasteiger partial charge in [-0.2, -0.15) is 0 Å². The van der Waals surface area contributed by atoms with Crippen LogP contribution in [0, 0.1) is 0 Å². The van der Waals surface area contributed by atoms with Crippen molar-refractivity contribution in [1.29, 1.82) is 0 Å². The standard InChI is InChI=1S/C20H24N6O3/c1-25-15-11-22-20(23-14-7-6-12(18(21)28)10-16(14)29-2)24-19(15)26(9-8-17(25)27)13-4-3-5-13/h6-7,10-11,13H,3-5,8-9H2,1-2H3,(H2,21,28)(H,22,23,24)/p+1. The van der Waals surface area contributed by atoms with Gasteiger partial charge in [0.15, 0.2) is 5.75 Å². The zero-order valence-corrected chi connectivity index (χ0v) is 16.6. The topological polar surface area (TPSA) is 115 Å². The van der Waals surface area contributed by atoms with Crippen LogP contribution >= 0.6 is 0 Å². The van der Waals surface area contributed by atoms with E-state index in [0.29, 0.717) is 42.0 Å². The number of aromatic nitrogens is 2. The molecule has 152 valence electrons. The summed E-state index contributed by atoms with van der Waals surface area (Å²) in [5.41, 5.74) is 7.12. The minimum absolute atomic E-state index is 0.0766. The number of carbonyl (C=O) groups is 2. The molecule has 0 radical (unpaired) electrons. The number of H-pyrrole nitrogens is 1. The summed E-state index contributed by atoms with van der Waals surface area (Å²) in [5, 5.41) is 3.21. The van der Waals surface area contributed by atoms with Gasteiger partial charge in [-0.15, -0.1) is 0 Å². The second-order valence-corrected chi connectivity index (χ2v) is 7.34. The van der Waals surface area contributed by atoms with Crippen LogP contribution in [0.5, 0.6) is 5.75 Å². The van der Waals surface area contributed by atoms with Crippen LogP contribution in [0.3, 0.4) is 0 Å². The molecule has 2 aliphatic rings. The average Bonchev–Trinajstić information content (AvgIpc) is 2.79. The molecule has 1 aliphatic heterocycles. The zero-order valence-electron chi connectivity index (χ0n) is 16.6. The van der Waals surface area contributed by atoms with Crippen LogP contribution in [0.1, 0.15) is 36.0 Å². The highest BCUT2D eigenvalue weighted by molar-refractivity contribution is 5.97. The number of ether oxygens (including phenoxy) is 1. The monoisotopic (exact) mass is 397 g/mol. The molecule has 2 amide bonds. The molecule has 9 nitrogen and oxygen atoms in total. The van der Waals surface area contributed by atoms with Crippen molar-refractivity contribution >= 4 is 35.0 Å². The Bertz CT molecular complexity index is 959. The molecule has 1 aromatic heterocycles. The van der Waals surface area contributed by atoms with Crippen molar-refractivity contribution in [1.82, 2.24) is 4.98 Å². The third kappa shape index (κ3) is 3.55. The van der Waals surface area contributed by atoms with Crippen LogP contribution < -0.4 is 30.6 Å². The first-order valence-electron chi connectivity index (χ1n) is 9.68. The first-order valence-corrected chi connectivity index (χ1v) is 9.68. The largest absolute Gasteiger partial charge is 0.493 e. The molecule has 29 heavy (non-hydrogen) atoms. The first kappa shape index (κ1) is 19.0. The Morgan fingerprint density at radius 3 is 2.83 bits per heavy atom. The number of amides is 2. The molecule has 2 heterocycles. The van der Waals surface area contributed by atoms with Gasteiger partial charge in [0.2, 0.25) is 17.6 Å². The van der Waals surface area contributed by atoms with Gasteiger partial charge in [-0.3, -0.25) is 9.59 Å². The van der Waals surface area contributed by atoms with Crippen molar-refractivity contribution in [3.63, 3.8) is 0 Å². The summed E-state index contributed by atoms with van der Waals surface area (Å²) >= 11 is 0. The number of aromatic amines is 1. The molecule has 1 fully saturated rings. The molecule has 0 saturated heterocycles. The number of nitrogens with one attached hydrogen (secondary N) is 2. The lowest BCUT2D eigenvalue weighted by Crippen LogP contribution is -2.41. The molecular formula is C20H25N6O3+. The van der Waals surface area contributed by atoms with E-state index >= 15 is 0 Å². The maximum Gasteiger partial charge on any atom is 0.396 e. The minimum Gasteiger partial charge on any atom is -0.493 e. The van der Waals surface area contributed by atoms with E-state index in [1.54, 1.807) is 36.3 Å². The van der Waals surface area contributed by atoms with Crippen LogP contribution in [-0.4, -0.2) is 43.5 Å². The number of fused-ring (bicyclic) bond motifs is 1. The number of nitrogens with zero attached hydrogens (tertiary/aromatic N) is 3. The normalized spacial score (nSPS) is 16.7. The van der Waals surface area contributed by atoms with Gasteiger partial charge in [-0.1, -0.05) is 4.98 Å². The number of benzene rings is 1. The fourth-order valence-corrected chi connectivity index (χ4v) is 3.67. The predicted molar refractivity (Wildman–Crippen MR) is 109 cm³/mol. The van der Waals surface area contributed by atoms with Crippen molar-refractivity contribution in [3.8, 4) is 5.75 Å². The number of hydrogen-bond donors (Lipinski definition) is 2. The van der Waals surface area contributed by atoms with Crippen LogP contribution in [0.4, 0.5) is 23.1 Å². The Morgan fingerprint density at radius 1 is 1.38 bits per heavy atom. The highest BCUT2D eigenvalue weighted by Crippen LogP contribution is 2.36. The van der Waals surface area contributed by atoms with Gasteiger partial charge in [0.25, 0.3) is 0 Å². The second-order valence-electron chi connectivity index (χ2n) is 7.34. The Morgan fingerprint density at radius 2 is 2.17 bits per heavy atom. The molecule has 1 aromatic carbocycles. The summed E-state index contributed by atoms with van der Waals surface area (Å²) in [6.07, 6.45) is 5.69.